The highest BCUT2D eigenvalue weighted by Crippen LogP contribution is 2.57. The highest BCUT2D eigenvalue weighted by molar-refractivity contribution is 6.11. The van der Waals surface area contributed by atoms with Crippen LogP contribution in [0.25, 0.3) is 49.4 Å². The van der Waals surface area contributed by atoms with Crippen molar-refractivity contribution >= 4 is 38.3 Å². The first-order chi connectivity index (χ1) is 21.6. The molecule has 7 aromatic rings. The Bertz CT molecular complexity index is 2320. The molecule has 1 aromatic heterocycles. The van der Waals surface area contributed by atoms with Crippen LogP contribution < -0.4 is 0 Å². The van der Waals surface area contributed by atoms with Gasteiger partial charge < -0.3 is 4.42 Å². The van der Waals surface area contributed by atoms with E-state index in [0.29, 0.717) is 0 Å². The summed E-state index contributed by atoms with van der Waals surface area (Å²) >= 11 is 0. The van der Waals surface area contributed by atoms with Gasteiger partial charge in [0.15, 0.2) is 0 Å². The Balaban J connectivity index is 1.58. The molecule has 1 nitrogen and oxygen atoms in total. The molecule has 0 saturated heterocycles. The average molecular weight is 583 g/mol. The summed E-state index contributed by atoms with van der Waals surface area (Å²) in [7, 11) is 0. The largest absolute Gasteiger partial charge is 0.456 e. The van der Waals surface area contributed by atoms with Gasteiger partial charge in [-0.1, -0.05) is 124 Å². The minimum Gasteiger partial charge on any atom is -0.456 e. The molecule has 220 valence electrons. The molecule has 8 rings (SSSR count). The number of allylic oxidation sites excluding steroid dienone is 1. The molecule has 0 radical (unpaired) electrons. The highest BCUT2D eigenvalue weighted by atomic mass is 16.3. The summed E-state index contributed by atoms with van der Waals surface area (Å²) in [5, 5.41) is 4.92. The van der Waals surface area contributed by atoms with Crippen LogP contribution in [0.1, 0.15) is 72.2 Å². The Labute approximate surface area is 265 Å². The molecule has 1 atom stereocenters. The molecule has 45 heavy (non-hydrogen) atoms. The van der Waals surface area contributed by atoms with Gasteiger partial charge in [-0.3, -0.25) is 0 Å². The number of furan rings is 1. The Kier molecular flexibility index (Phi) is 5.87. The van der Waals surface area contributed by atoms with Crippen molar-refractivity contribution < 1.29 is 4.42 Å². The molecular weight excluding hydrogens is 544 g/mol. The van der Waals surface area contributed by atoms with Crippen LogP contribution in [0.3, 0.4) is 0 Å². The molecule has 0 N–H and O–H groups in total. The van der Waals surface area contributed by atoms with E-state index < -0.39 is 5.41 Å². The van der Waals surface area contributed by atoms with E-state index in [2.05, 4.69) is 157 Å². The summed E-state index contributed by atoms with van der Waals surface area (Å²) in [4.78, 5) is 0. The van der Waals surface area contributed by atoms with Crippen molar-refractivity contribution in [3.63, 3.8) is 0 Å². The summed E-state index contributed by atoms with van der Waals surface area (Å²) in [6.45, 7) is 17.5. The second-order valence-corrected chi connectivity index (χ2v) is 14.1. The lowest BCUT2D eigenvalue weighted by Crippen LogP contribution is -2.34. The first-order valence-corrected chi connectivity index (χ1v) is 16.0. The molecule has 1 aliphatic rings. The van der Waals surface area contributed by atoms with Gasteiger partial charge in [0.1, 0.15) is 11.2 Å². The Morgan fingerprint density at radius 2 is 1.33 bits per heavy atom. The van der Waals surface area contributed by atoms with Gasteiger partial charge in [0.2, 0.25) is 0 Å². The fourth-order valence-electron chi connectivity index (χ4n) is 7.71. The summed E-state index contributed by atoms with van der Waals surface area (Å²) in [6, 6.07) is 41.3. The third-order valence-electron chi connectivity index (χ3n) is 10.1. The van der Waals surface area contributed by atoms with Crippen molar-refractivity contribution in [3.8, 4) is 11.1 Å². The molecule has 0 spiro atoms. The summed E-state index contributed by atoms with van der Waals surface area (Å²) < 4.78 is 6.57. The van der Waals surface area contributed by atoms with Crippen molar-refractivity contribution in [2.45, 2.75) is 52.4 Å². The van der Waals surface area contributed by atoms with Crippen LogP contribution in [0.2, 0.25) is 0 Å². The minimum absolute atomic E-state index is 0.0586. The topological polar surface area (TPSA) is 13.1 Å². The van der Waals surface area contributed by atoms with Gasteiger partial charge in [-0.2, -0.15) is 0 Å². The van der Waals surface area contributed by atoms with Crippen LogP contribution in [0.4, 0.5) is 0 Å². The van der Waals surface area contributed by atoms with Gasteiger partial charge in [-0.05, 0) is 111 Å². The average Bonchev–Trinajstić information content (AvgIpc) is 3.38. The molecule has 0 saturated carbocycles. The maximum atomic E-state index is 6.57. The third-order valence-corrected chi connectivity index (χ3v) is 10.1. The Morgan fingerprint density at radius 3 is 2.02 bits per heavy atom. The van der Waals surface area contributed by atoms with Crippen molar-refractivity contribution in [2.24, 2.45) is 0 Å². The van der Waals surface area contributed by atoms with Crippen LogP contribution in [-0.4, -0.2) is 0 Å². The molecule has 1 heterocycles. The Morgan fingerprint density at radius 1 is 0.644 bits per heavy atom. The van der Waals surface area contributed by atoms with Crippen LogP contribution in [-0.2, 0) is 10.8 Å². The highest BCUT2D eigenvalue weighted by Gasteiger charge is 2.45. The molecule has 0 fully saturated rings. The van der Waals surface area contributed by atoms with Crippen molar-refractivity contribution in [2.75, 3.05) is 0 Å². The predicted molar refractivity (Wildman–Crippen MR) is 191 cm³/mol. The fourth-order valence-corrected chi connectivity index (χ4v) is 7.71. The zero-order valence-electron chi connectivity index (χ0n) is 27.0. The smallest absolute Gasteiger partial charge is 0.136 e. The van der Waals surface area contributed by atoms with Crippen molar-refractivity contribution in [3.05, 3.63) is 160 Å². The maximum absolute atomic E-state index is 6.57. The quantitative estimate of drug-likeness (QED) is 0.202. The number of aryl methyl sites for hydroxylation is 2. The lowest BCUT2D eigenvalue weighted by atomic mass is 9.59. The van der Waals surface area contributed by atoms with Crippen LogP contribution in [0.5, 0.6) is 0 Å². The van der Waals surface area contributed by atoms with Gasteiger partial charge in [-0.15, -0.1) is 0 Å². The first kappa shape index (κ1) is 27.7. The van der Waals surface area contributed by atoms with E-state index in [4.69, 9.17) is 4.42 Å². The molecule has 6 aromatic carbocycles. The summed E-state index contributed by atoms with van der Waals surface area (Å²) in [5.74, 6) is 0. The number of fused-ring (bicyclic) bond motifs is 5. The van der Waals surface area contributed by atoms with Gasteiger partial charge >= 0.3 is 0 Å². The van der Waals surface area contributed by atoms with Crippen LogP contribution in [0.15, 0.2) is 120 Å². The molecule has 0 aliphatic heterocycles. The maximum Gasteiger partial charge on any atom is 0.136 e. The standard InChI is InChI=1S/C44H38O/c1-26(2)29-13-15-31(16-14-29)44(32-19-17-30(18-20-32)43(5,6)7)38-10-8-9-33-28(4)12-22-35(42(33)38)36-25-41-37(24-39(36)44)34-21-11-27(3)23-40(34)45-41/h8-25H,1H2,2-7H3. The van der Waals surface area contributed by atoms with Gasteiger partial charge in [-0.25, -0.2) is 0 Å². The van der Waals surface area contributed by atoms with Crippen LogP contribution in [0, 0.1) is 13.8 Å². The van der Waals surface area contributed by atoms with E-state index >= 15 is 0 Å². The van der Waals surface area contributed by atoms with E-state index in [1.165, 1.54) is 60.8 Å². The van der Waals surface area contributed by atoms with E-state index in [9.17, 15) is 0 Å². The SMILES string of the molecule is C=C(C)c1ccc(C2(c3ccc(C(C)(C)C)cc3)c3cc4c(cc3-c3ccc(C)c5cccc2c35)oc2cc(C)ccc24)cc1. The van der Waals surface area contributed by atoms with E-state index in [1.807, 2.05) is 0 Å². The van der Waals surface area contributed by atoms with Crippen molar-refractivity contribution in [1.82, 2.24) is 0 Å². The fraction of sp³-hybridized carbons (Fsp3) is 0.182. The number of hydrogen-bond donors (Lipinski definition) is 0. The second kappa shape index (κ2) is 9.56. The minimum atomic E-state index is -0.553. The molecule has 1 unspecified atom stereocenters. The predicted octanol–water partition coefficient (Wildman–Crippen LogP) is 12.0. The number of hydrogen-bond acceptors (Lipinski definition) is 1. The van der Waals surface area contributed by atoms with Crippen molar-refractivity contribution in [1.29, 1.82) is 0 Å². The van der Waals surface area contributed by atoms with Crippen LogP contribution >= 0.6 is 0 Å². The summed E-state index contributed by atoms with van der Waals surface area (Å²) in [6.07, 6.45) is 0. The summed E-state index contributed by atoms with van der Waals surface area (Å²) in [5.41, 5.74) is 15.0. The number of benzene rings is 6. The number of rotatable bonds is 3. The van der Waals surface area contributed by atoms with E-state index in [0.717, 1.165) is 33.1 Å². The van der Waals surface area contributed by atoms with Gasteiger partial charge in [0.05, 0.1) is 5.41 Å². The molecule has 1 aliphatic carbocycles. The monoisotopic (exact) mass is 582 g/mol. The molecule has 1 heteroatoms. The molecule has 0 bridgehead atoms. The zero-order chi connectivity index (χ0) is 31.2. The third kappa shape index (κ3) is 3.93. The van der Waals surface area contributed by atoms with Gasteiger partial charge in [0, 0.05) is 10.8 Å². The lowest BCUT2D eigenvalue weighted by molar-refractivity contribution is 0.589. The second-order valence-electron chi connectivity index (χ2n) is 14.1. The molecule has 0 amide bonds. The van der Waals surface area contributed by atoms with E-state index in [-0.39, 0.29) is 5.41 Å². The first-order valence-electron chi connectivity index (χ1n) is 16.0. The zero-order valence-corrected chi connectivity index (χ0v) is 27.0. The van der Waals surface area contributed by atoms with Gasteiger partial charge in [0.25, 0.3) is 0 Å². The Hall–Kier alpha value is -4.88. The molecular formula is C44H38O. The normalized spacial score (nSPS) is 16.0. The lowest BCUT2D eigenvalue weighted by Gasteiger charge is -2.42. The van der Waals surface area contributed by atoms with E-state index in [1.54, 1.807) is 0 Å².